The molecule has 560 valence electrons. The second-order valence-electron chi connectivity index (χ2n) is 28.1. The van der Waals surface area contributed by atoms with Gasteiger partial charge in [0.2, 0.25) is 0 Å². The predicted molar refractivity (Wildman–Crippen MR) is 386 cm³/mol. The Morgan fingerprint density at radius 2 is 0.568 bits per heavy atom. The SMILES string of the molecule is CCCCCC/C=C\C=C/CCCCCCCC(=O)O[C@H](COC(=O)CCCCCCCCC(C)C)COP(=O)(O)OC[C@H](O)COP(=O)(O)OC[C@@H](COC(=O)CCCCCCCCCCCCCCCCCC(C)C)OC(=O)CCCCCCCCCCCCC(C)C. The first kappa shape index (κ1) is 92.5. The predicted octanol–water partition coefficient (Wildman–Crippen LogP) is 21.7. The molecule has 0 bridgehead atoms. The molecule has 0 aliphatic heterocycles. The van der Waals surface area contributed by atoms with E-state index in [9.17, 15) is 43.2 Å². The molecule has 0 aromatic carbocycles. The second-order valence-corrected chi connectivity index (χ2v) is 31.0. The maximum Gasteiger partial charge on any atom is 0.472 e. The van der Waals surface area contributed by atoms with Crippen molar-refractivity contribution in [3.63, 3.8) is 0 Å². The highest BCUT2D eigenvalue weighted by atomic mass is 31.2. The first-order valence-corrected chi connectivity index (χ1v) is 41.7. The lowest BCUT2D eigenvalue weighted by molar-refractivity contribution is -0.161. The number of carbonyl (C=O) groups excluding carboxylic acids is 4. The van der Waals surface area contributed by atoms with Crippen molar-refractivity contribution < 1.29 is 80.2 Å². The first-order chi connectivity index (χ1) is 45.7. The average Bonchev–Trinajstić information content (AvgIpc) is 2.00. The normalized spacial score (nSPS) is 14.2. The zero-order chi connectivity index (χ0) is 70.1. The van der Waals surface area contributed by atoms with Crippen LogP contribution in [-0.4, -0.2) is 96.7 Å². The van der Waals surface area contributed by atoms with Crippen molar-refractivity contribution in [2.75, 3.05) is 39.6 Å². The van der Waals surface area contributed by atoms with Gasteiger partial charge in [-0.2, -0.15) is 0 Å². The van der Waals surface area contributed by atoms with Crippen molar-refractivity contribution in [3.8, 4) is 0 Å². The van der Waals surface area contributed by atoms with Crippen LogP contribution in [0.15, 0.2) is 24.3 Å². The smallest absolute Gasteiger partial charge is 0.462 e. The lowest BCUT2D eigenvalue weighted by Gasteiger charge is -2.21. The van der Waals surface area contributed by atoms with E-state index in [-0.39, 0.29) is 25.7 Å². The average molecular weight is 1390 g/mol. The van der Waals surface area contributed by atoms with E-state index in [0.717, 1.165) is 121 Å². The lowest BCUT2D eigenvalue weighted by atomic mass is 10.0. The Kier molecular flexibility index (Phi) is 64.4. The first-order valence-electron chi connectivity index (χ1n) is 38.7. The summed E-state index contributed by atoms with van der Waals surface area (Å²) < 4.78 is 68.4. The third kappa shape index (κ3) is 69.8. The molecule has 95 heavy (non-hydrogen) atoms. The Morgan fingerprint density at radius 3 is 0.853 bits per heavy atom. The maximum absolute atomic E-state index is 13.1. The van der Waals surface area contributed by atoms with Crippen LogP contribution in [0.1, 0.15) is 363 Å². The van der Waals surface area contributed by atoms with Gasteiger partial charge in [-0.05, 0) is 69.1 Å². The van der Waals surface area contributed by atoms with Crippen LogP contribution < -0.4 is 0 Å². The standard InChI is InChI=1S/C76H144O17P2/c1-8-9-10-11-12-13-14-15-17-22-25-31-36-45-52-59-75(80)93-72(64-87-74(79)58-51-44-39-38-42-49-56-69(6)7)66-91-95(84,85)89-62-70(77)61-88-94(82,83)90-65-71(92-76(81)60-53-46-37-32-27-26-29-34-41-48-55-68(4)5)63-86-73(78)57-50-43-35-30-24-21-19-16-18-20-23-28-33-40-47-54-67(2)3/h13-15,17,67-72,77H,8-12,16,18-66H2,1-7H3,(H,82,83)(H,84,85)/b14-13-,17-15-/t70-,71-,72-/m1/s1. The van der Waals surface area contributed by atoms with Gasteiger partial charge in [0.05, 0.1) is 26.4 Å². The van der Waals surface area contributed by atoms with Crippen molar-refractivity contribution in [2.24, 2.45) is 17.8 Å². The molecule has 0 saturated heterocycles. The fourth-order valence-electron chi connectivity index (χ4n) is 11.1. The molecule has 0 spiro atoms. The minimum absolute atomic E-state index is 0.0837. The number of unbranched alkanes of at least 4 members (excludes halogenated alkanes) is 37. The number of rotatable bonds is 72. The van der Waals surface area contributed by atoms with Gasteiger partial charge in [-0.25, -0.2) is 9.13 Å². The van der Waals surface area contributed by atoms with E-state index in [1.807, 2.05) is 0 Å². The summed E-state index contributed by atoms with van der Waals surface area (Å²) in [6.45, 7) is 11.8. The molecule has 3 N–H and O–H groups in total. The van der Waals surface area contributed by atoms with Crippen LogP contribution in [-0.2, 0) is 65.4 Å². The number of hydrogen-bond donors (Lipinski definition) is 3. The topological polar surface area (TPSA) is 237 Å². The van der Waals surface area contributed by atoms with E-state index in [2.05, 4.69) is 72.8 Å². The molecule has 17 nitrogen and oxygen atoms in total. The number of esters is 4. The molecular formula is C76H144O17P2. The Morgan fingerprint density at radius 1 is 0.326 bits per heavy atom. The number of hydrogen-bond acceptors (Lipinski definition) is 15. The monoisotopic (exact) mass is 1390 g/mol. The van der Waals surface area contributed by atoms with Crippen molar-refractivity contribution in [3.05, 3.63) is 24.3 Å². The Labute approximate surface area is 580 Å². The summed E-state index contributed by atoms with van der Waals surface area (Å²) in [7, 11) is -9.92. The number of aliphatic hydroxyl groups is 1. The van der Waals surface area contributed by atoms with Crippen LogP contribution in [0, 0.1) is 17.8 Å². The largest absolute Gasteiger partial charge is 0.472 e. The molecule has 0 rings (SSSR count). The molecule has 0 aliphatic carbocycles. The highest BCUT2D eigenvalue weighted by molar-refractivity contribution is 7.47. The van der Waals surface area contributed by atoms with Crippen molar-refractivity contribution in [1.29, 1.82) is 0 Å². The Balaban J connectivity index is 5.25. The Bertz CT molecular complexity index is 1950. The van der Waals surface area contributed by atoms with E-state index in [4.69, 9.17) is 37.0 Å². The summed E-state index contributed by atoms with van der Waals surface area (Å²) in [4.78, 5) is 72.7. The van der Waals surface area contributed by atoms with E-state index in [1.54, 1.807) is 0 Å². The molecule has 2 unspecified atom stereocenters. The molecule has 0 radical (unpaired) electrons. The van der Waals surface area contributed by atoms with Crippen molar-refractivity contribution >= 4 is 39.5 Å². The van der Waals surface area contributed by atoms with Crippen LogP contribution in [0.4, 0.5) is 0 Å². The molecule has 0 amide bonds. The zero-order valence-electron chi connectivity index (χ0n) is 61.6. The maximum atomic E-state index is 13.1. The van der Waals surface area contributed by atoms with Gasteiger partial charge < -0.3 is 33.8 Å². The van der Waals surface area contributed by atoms with Gasteiger partial charge in [-0.3, -0.25) is 37.3 Å². The van der Waals surface area contributed by atoms with Crippen molar-refractivity contribution in [2.45, 2.75) is 381 Å². The molecular weight excluding hydrogens is 1250 g/mol. The molecule has 0 aromatic heterocycles. The number of phosphoric acid groups is 2. The summed E-state index contributed by atoms with van der Waals surface area (Å²) >= 11 is 0. The molecule has 0 saturated carbocycles. The summed E-state index contributed by atoms with van der Waals surface area (Å²) in [5.74, 6) is 0.0803. The van der Waals surface area contributed by atoms with E-state index in [0.29, 0.717) is 31.6 Å². The highest BCUT2D eigenvalue weighted by Gasteiger charge is 2.30. The summed E-state index contributed by atoms with van der Waals surface area (Å²) in [5.41, 5.74) is 0. The summed E-state index contributed by atoms with van der Waals surface area (Å²) in [6.07, 6.45) is 55.1. The van der Waals surface area contributed by atoms with Crippen LogP contribution in [0.2, 0.25) is 0 Å². The number of aliphatic hydroxyl groups excluding tert-OH is 1. The van der Waals surface area contributed by atoms with E-state index >= 15 is 0 Å². The fraction of sp³-hybridized carbons (Fsp3) is 0.895. The van der Waals surface area contributed by atoms with Crippen LogP contribution >= 0.6 is 15.6 Å². The van der Waals surface area contributed by atoms with Crippen LogP contribution in [0.5, 0.6) is 0 Å². The van der Waals surface area contributed by atoms with Gasteiger partial charge in [0.1, 0.15) is 19.3 Å². The van der Waals surface area contributed by atoms with Gasteiger partial charge in [0.25, 0.3) is 0 Å². The van der Waals surface area contributed by atoms with Gasteiger partial charge in [-0.1, -0.05) is 310 Å². The molecule has 0 aromatic rings. The number of allylic oxidation sites excluding steroid dienone is 4. The molecule has 0 heterocycles. The molecule has 0 fully saturated rings. The number of carbonyl (C=O) groups is 4. The molecule has 5 atom stereocenters. The molecule has 0 aliphatic rings. The third-order valence-electron chi connectivity index (χ3n) is 17.0. The highest BCUT2D eigenvalue weighted by Crippen LogP contribution is 2.45. The van der Waals surface area contributed by atoms with Crippen LogP contribution in [0.3, 0.4) is 0 Å². The third-order valence-corrected chi connectivity index (χ3v) is 18.9. The van der Waals surface area contributed by atoms with Gasteiger partial charge in [0, 0.05) is 25.7 Å². The van der Waals surface area contributed by atoms with Gasteiger partial charge in [0.15, 0.2) is 12.2 Å². The quantitative estimate of drug-likeness (QED) is 0.0169. The summed E-state index contributed by atoms with van der Waals surface area (Å²) in [5, 5.41) is 10.6. The minimum atomic E-state index is -4.96. The Hall–Kier alpha value is -2.46. The molecule has 19 heteroatoms. The summed E-state index contributed by atoms with van der Waals surface area (Å²) in [6, 6.07) is 0. The number of phosphoric ester groups is 2. The second kappa shape index (κ2) is 66.1. The zero-order valence-corrected chi connectivity index (χ0v) is 63.4. The van der Waals surface area contributed by atoms with Crippen LogP contribution in [0.25, 0.3) is 0 Å². The van der Waals surface area contributed by atoms with Gasteiger partial charge in [-0.15, -0.1) is 0 Å². The minimum Gasteiger partial charge on any atom is -0.462 e. The van der Waals surface area contributed by atoms with E-state index < -0.39 is 97.5 Å². The van der Waals surface area contributed by atoms with Gasteiger partial charge >= 0.3 is 39.5 Å². The number of ether oxygens (including phenoxy) is 4. The fourth-order valence-corrected chi connectivity index (χ4v) is 12.6. The lowest BCUT2D eigenvalue weighted by Crippen LogP contribution is -2.30. The van der Waals surface area contributed by atoms with Crippen molar-refractivity contribution in [1.82, 2.24) is 0 Å². The van der Waals surface area contributed by atoms with E-state index in [1.165, 1.54) is 154 Å².